The number of carboxylic acid groups (broad SMARTS) is 1. The molecule has 0 saturated carbocycles. The molecule has 0 aliphatic heterocycles. The first kappa shape index (κ1) is 14.5. The molecule has 0 fully saturated rings. The second kappa shape index (κ2) is 6.00. The molecule has 0 saturated heterocycles. The monoisotopic (exact) mass is 338 g/mol. The van der Waals surface area contributed by atoms with Gasteiger partial charge in [0.05, 0.1) is 28.0 Å². The molecule has 1 heterocycles. The number of nitrogens with one attached hydrogen (secondary N) is 1. The molecule has 20 heavy (non-hydrogen) atoms. The number of aromatic carboxylic acids is 1. The maximum absolute atomic E-state index is 14.0. The van der Waals surface area contributed by atoms with Gasteiger partial charge >= 0.3 is 5.97 Å². The van der Waals surface area contributed by atoms with Crippen LogP contribution in [0, 0.1) is 12.7 Å². The second-order valence-electron chi connectivity index (χ2n) is 4.22. The zero-order valence-electron chi connectivity index (χ0n) is 10.7. The van der Waals surface area contributed by atoms with Gasteiger partial charge in [-0.2, -0.15) is 0 Å². The van der Waals surface area contributed by atoms with E-state index in [4.69, 9.17) is 5.11 Å². The van der Waals surface area contributed by atoms with Crippen LogP contribution >= 0.6 is 15.9 Å². The minimum Gasteiger partial charge on any atom is -0.478 e. The lowest BCUT2D eigenvalue weighted by Crippen LogP contribution is -2.06. The van der Waals surface area contributed by atoms with Crippen LogP contribution in [-0.2, 0) is 6.54 Å². The van der Waals surface area contributed by atoms with Gasteiger partial charge in [-0.1, -0.05) is 6.07 Å². The summed E-state index contributed by atoms with van der Waals surface area (Å²) in [6.45, 7) is 2.24. The quantitative estimate of drug-likeness (QED) is 0.893. The van der Waals surface area contributed by atoms with Crippen molar-refractivity contribution in [1.29, 1.82) is 0 Å². The van der Waals surface area contributed by atoms with Crippen LogP contribution in [0.3, 0.4) is 0 Å². The Morgan fingerprint density at radius 3 is 2.80 bits per heavy atom. The first-order chi connectivity index (χ1) is 9.49. The number of rotatable bonds is 4. The van der Waals surface area contributed by atoms with E-state index in [1.807, 2.05) is 25.1 Å². The molecule has 0 aliphatic rings. The molecule has 104 valence electrons. The van der Waals surface area contributed by atoms with Crippen LogP contribution in [0.15, 0.2) is 34.8 Å². The van der Waals surface area contributed by atoms with Gasteiger partial charge in [-0.05, 0) is 47.1 Å². The number of aryl methyl sites for hydroxylation is 1. The predicted octanol–water partition coefficient (Wildman–Crippen LogP) is 3.60. The van der Waals surface area contributed by atoms with E-state index in [0.29, 0.717) is 6.54 Å². The van der Waals surface area contributed by atoms with E-state index in [1.165, 1.54) is 12.1 Å². The molecular formula is C14H12BrFN2O2. The van der Waals surface area contributed by atoms with Gasteiger partial charge in [0.25, 0.3) is 0 Å². The minimum absolute atomic E-state index is 0.0628. The van der Waals surface area contributed by atoms with Crippen LogP contribution in [0.25, 0.3) is 0 Å². The van der Waals surface area contributed by atoms with Crippen LogP contribution in [0.5, 0.6) is 0 Å². The van der Waals surface area contributed by atoms with Crippen LogP contribution in [0.4, 0.5) is 10.1 Å². The van der Waals surface area contributed by atoms with Gasteiger partial charge in [-0.25, -0.2) is 9.18 Å². The number of hydrogen-bond acceptors (Lipinski definition) is 3. The normalized spacial score (nSPS) is 10.3. The number of aromatic nitrogens is 1. The molecule has 4 nitrogen and oxygen atoms in total. The molecule has 0 aliphatic carbocycles. The van der Waals surface area contributed by atoms with E-state index in [9.17, 15) is 9.18 Å². The number of carboxylic acids is 1. The topological polar surface area (TPSA) is 62.2 Å². The van der Waals surface area contributed by atoms with Crippen molar-refractivity contribution in [2.24, 2.45) is 0 Å². The smallest absolute Gasteiger partial charge is 0.336 e. The summed E-state index contributed by atoms with van der Waals surface area (Å²) >= 11 is 2.96. The third kappa shape index (κ3) is 3.14. The Kier molecular flexibility index (Phi) is 4.34. The summed E-state index contributed by atoms with van der Waals surface area (Å²) in [5.74, 6) is -1.81. The fraction of sp³-hybridized carbons (Fsp3) is 0.143. The lowest BCUT2D eigenvalue weighted by atomic mass is 10.2. The molecule has 1 aromatic carbocycles. The van der Waals surface area contributed by atoms with Crippen molar-refractivity contribution in [2.45, 2.75) is 13.5 Å². The van der Waals surface area contributed by atoms with Gasteiger partial charge < -0.3 is 10.4 Å². The van der Waals surface area contributed by atoms with E-state index in [0.717, 1.165) is 11.4 Å². The lowest BCUT2D eigenvalue weighted by Gasteiger charge is -2.10. The standard InChI is InChI=1S/C14H12BrFN2O2/c1-8-3-2-4-9(18-8)7-17-11-6-5-10(14(19)20)12(15)13(11)16/h2-6,17H,7H2,1H3,(H,19,20). The summed E-state index contributed by atoms with van der Waals surface area (Å²) in [6.07, 6.45) is 0. The van der Waals surface area contributed by atoms with Crippen molar-refractivity contribution in [2.75, 3.05) is 5.32 Å². The minimum atomic E-state index is -1.18. The average molecular weight is 339 g/mol. The van der Waals surface area contributed by atoms with Gasteiger partial charge in [0.1, 0.15) is 0 Å². The number of halogens is 2. The number of pyridine rings is 1. The Balaban J connectivity index is 2.18. The average Bonchev–Trinajstić information content (AvgIpc) is 2.40. The van der Waals surface area contributed by atoms with Crippen molar-refractivity contribution < 1.29 is 14.3 Å². The zero-order valence-corrected chi connectivity index (χ0v) is 12.2. The third-order valence-corrected chi connectivity index (χ3v) is 3.49. The highest BCUT2D eigenvalue weighted by atomic mass is 79.9. The second-order valence-corrected chi connectivity index (χ2v) is 5.01. The van der Waals surface area contributed by atoms with Crippen LogP contribution < -0.4 is 5.32 Å². The van der Waals surface area contributed by atoms with Crippen molar-refractivity contribution in [3.63, 3.8) is 0 Å². The fourth-order valence-corrected chi connectivity index (χ4v) is 2.25. The van der Waals surface area contributed by atoms with Gasteiger partial charge in [-0.3, -0.25) is 4.98 Å². The van der Waals surface area contributed by atoms with E-state index in [2.05, 4.69) is 26.2 Å². The number of carbonyl (C=O) groups is 1. The summed E-state index contributed by atoms with van der Waals surface area (Å²) < 4.78 is 13.9. The zero-order chi connectivity index (χ0) is 14.7. The van der Waals surface area contributed by atoms with Crippen LogP contribution in [0.2, 0.25) is 0 Å². The maximum atomic E-state index is 14.0. The van der Waals surface area contributed by atoms with Crippen molar-refractivity contribution in [3.8, 4) is 0 Å². The summed E-state index contributed by atoms with van der Waals surface area (Å²) in [7, 11) is 0. The van der Waals surface area contributed by atoms with Crippen molar-refractivity contribution >= 4 is 27.6 Å². The number of nitrogens with zero attached hydrogens (tertiary/aromatic N) is 1. The first-order valence-electron chi connectivity index (χ1n) is 5.86. The molecule has 2 rings (SSSR count). The van der Waals surface area contributed by atoms with Gasteiger partial charge in [0.15, 0.2) is 5.82 Å². The Labute approximate surface area is 123 Å². The highest BCUT2D eigenvalue weighted by Gasteiger charge is 2.15. The van der Waals surface area contributed by atoms with E-state index < -0.39 is 11.8 Å². The SMILES string of the molecule is Cc1cccc(CNc2ccc(C(=O)O)c(Br)c2F)n1. The Morgan fingerprint density at radius 2 is 2.15 bits per heavy atom. The molecule has 0 bridgehead atoms. The van der Waals surface area contributed by atoms with Crippen molar-refractivity contribution in [1.82, 2.24) is 4.98 Å². The first-order valence-corrected chi connectivity index (χ1v) is 6.66. The third-order valence-electron chi connectivity index (χ3n) is 2.72. The number of anilines is 1. The molecule has 2 N–H and O–H groups in total. The maximum Gasteiger partial charge on any atom is 0.336 e. The van der Waals surface area contributed by atoms with Gasteiger partial charge in [0, 0.05) is 5.69 Å². The molecule has 6 heteroatoms. The molecule has 0 amide bonds. The van der Waals surface area contributed by atoms with Crippen LogP contribution in [-0.4, -0.2) is 16.1 Å². The fourth-order valence-electron chi connectivity index (χ4n) is 1.73. The van der Waals surface area contributed by atoms with E-state index in [-0.39, 0.29) is 15.7 Å². The van der Waals surface area contributed by atoms with E-state index >= 15 is 0 Å². The highest BCUT2D eigenvalue weighted by Crippen LogP contribution is 2.27. The molecule has 2 aromatic rings. The lowest BCUT2D eigenvalue weighted by molar-refractivity contribution is 0.0695. The summed E-state index contributed by atoms with van der Waals surface area (Å²) in [5.41, 5.74) is 1.78. The largest absolute Gasteiger partial charge is 0.478 e. The number of benzene rings is 1. The molecule has 0 radical (unpaired) electrons. The highest BCUT2D eigenvalue weighted by molar-refractivity contribution is 9.10. The molecule has 0 unspecified atom stereocenters. The van der Waals surface area contributed by atoms with Gasteiger partial charge in [-0.15, -0.1) is 0 Å². The molecule has 0 atom stereocenters. The summed E-state index contributed by atoms with van der Waals surface area (Å²) in [5, 5.41) is 11.8. The van der Waals surface area contributed by atoms with Crippen LogP contribution in [0.1, 0.15) is 21.7 Å². The Hall–Kier alpha value is -1.95. The summed E-state index contributed by atoms with van der Waals surface area (Å²) in [4.78, 5) is 15.2. The Morgan fingerprint density at radius 1 is 1.40 bits per heavy atom. The Bertz CT molecular complexity index is 662. The molecular weight excluding hydrogens is 327 g/mol. The summed E-state index contributed by atoms with van der Waals surface area (Å²) in [6, 6.07) is 8.33. The van der Waals surface area contributed by atoms with E-state index in [1.54, 1.807) is 0 Å². The molecule has 0 spiro atoms. The molecule has 1 aromatic heterocycles. The number of hydrogen-bond donors (Lipinski definition) is 2. The van der Waals surface area contributed by atoms with Gasteiger partial charge in [0.2, 0.25) is 0 Å². The predicted molar refractivity (Wildman–Crippen MR) is 77.4 cm³/mol. The van der Waals surface area contributed by atoms with Crippen molar-refractivity contribution in [3.05, 3.63) is 57.6 Å².